The van der Waals surface area contributed by atoms with Gasteiger partial charge < -0.3 is 14.8 Å². The summed E-state index contributed by atoms with van der Waals surface area (Å²) in [5.41, 5.74) is 1.35. The van der Waals surface area contributed by atoms with E-state index in [0.717, 1.165) is 0 Å². The molecule has 8 heteroatoms. The maximum atomic E-state index is 13.5. The number of hydrogen-bond donors (Lipinski definition) is 2. The lowest BCUT2D eigenvalue weighted by Crippen LogP contribution is -2.21. The average molecular weight is 369 g/mol. The number of ether oxygens (including phenoxy) is 2. The van der Waals surface area contributed by atoms with E-state index in [-0.39, 0.29) is 11.3 Å². The number of para-hydroxylation sites is 1. The summed E-state index contributed by atoms with van der Waals surface area (Å²) in [4.78, 5) is 24.2. The quantitative estimate of drug-likeness (QED) is 0.652. The van der Waals surface area contributed by atoms with Crippen molar-refractivity contribution in [1.82, 2.24) is 10.2 Å². The second-order valence-corrected chi connectivity index (χ2v) is 5.49. The summed E-state index contributed by atoms with van der Waals surface area (Å²) < 4.78 is 23.6. The van der Waals surface area contributed by atoms with Crippen LogP contribution in [-0.2, 0) is 9.53 Å². The molecule has 0 atom stereocenters. The molecule has 2 N–H and O–H groups in total. The molecule has 27 heavy (non-hydrogen) atoms. The van der Waals surface area contributed by atoms with E-state index in [1.165, 1.54) is 24.4 Å². The number of halogens is 1. The number of aromatic amines is 1. The molecule has 0 aliphatic carbocycles. The Morgan fingerprint density at radius 3 is 2.59 bits per heavy atom. The van der Waals surface area contributed by atoms with Gasteiger partial charge in [0.2, 0.25) is 0 Å². The van der Waals surface area contributed by atoms with Crippen LogP contribution in [0.2, 0.25) is 0 Å². The van der Waals surface area contributed by atoms with Gasteiger partial charge in [-0.2, -0.15) is 5.10 Å². The lowest BCUT2D eigenvalue weighted by atomic mass is 10.1. The van der Waals surface area contributed by atoms with Crippen molar-refractivity contribution in [3.8, 4) is 17.0 Å². The van der Waals surface area contributed by atoms with E-state index in [1.807, 2.05) is 0 Å². The minimum Gasteiger partial charge on any atom is -0.497 e. The molecule has 2 aromatic carbocycles. The highest BCUT2D eigenvalue weighted by molar-refractivity contribution is 5.98. The van der Waals surface area contributed by atoms with Gasteiger partial charge in [0.15, 0.2) is 6.61 Å². The lowest BCUT2D eigenvalue weighted by Gasteiger charge is -2.08. The zero-order valence-corrected chi connectivity index (χ0v) is 14.4. The van der Waals surface area contributed by atoms with Gasteiger partial charge in [-0.25, -0.2) is 9.18 Å². The minimum absolute atomic E-state index is 0.0146. The van der Waals surface area contributed by atoms with Gasteiger partial charge in [0.1, 0.15) is 17.1 Å². The SMILES string of the molecule is COc1ccc(-c2[nH]ncc2C(=O)OCC(=O)Nc2ccccc2F)cc1. The Labute approximate surface area is 154 Å². The summed E-state index contributed by atoms with van der Waals surface area (Å²) in [6, 6.07) is 12.7. The molecule has 1 heterocycles. The van der Waals surface area contributed by atoms with E-state index >= 15 is 0 Å². The summed E-state index contributed by atoms with van der Waals surface area (Å²) in [5.74, 6) is -1.28. The predicted molar refractivity (Wildman–Crippen MR) is 95.9 cm³/mol. The van der Waals surface area contributed by atoms with E-state index in [1.54, 1.807) is 37.4 Å². The molecular weight excluding hydrogens is 353 g/mol. The Kier molecular flexibility index (Phi) is 5.46. The number of aromatic nitrogens is 2. The van der Waals surface area contributed by atoms with Gasteiger partial charge in [-0.1, -0.05) is 12.1 Å². The molecule has 7 nitrogen and oxygen atoms in total. The molecule has 0 bridgehead atoms. The van der Waals surface area contributed by atoms with Crippen LogP contribution in [-0.4, -0.2) is 35.8 Å². The average Bonchev–Trinajstić information content (AvgIpc) is 3.18. The highest BCUT2D eigenvalue weighted by Gasteiger charge is 2.18. The van der Waals surface area contributed by atoms with E-state index in [4.69, 9.17) is 9.47 Å². The number of hydrogen-bond acceptors (Lipinski definition) is 5. The third-order valence-electron chi connectivity index (χ3n) is 3.72. The largest absolute Gasteiger partial charge is 0.497 e. The van der Waals surface area contributed by atoms with E-state index in [0.29, 0.717) is 17.0 Å². The van der Waals surface area contributed by atoms with Crippen molar-refractivity contribution in [2.24, 2.45) is 0 Å². The molecule has 3 aromatic rings. The maximum absolute atomic E-state index is 13.5. The normalized spacial score (nSPS) is 10.3. The molecule has 1 amide bonds. The Balaban J connectivity index is 1.64. The van der Waals surface area contributed by atoms with Gasteiger partial charge in [-0.15, -0.1) is 0 Å². The van der Waals surface area contributed by atoms with Gasteiger partial charge in [-0.05, 0) is 36.4 Å². The third kappa shape index (κ3) is 4.30. The van der Waals surface area contributed by atoms with Crippen LogP contribution < -0.4 is 10.1 Å². The van der Waals surface area contributed by atoms with Crippen molar-refractivity contribution in [1.29, 1.82) is 0 Å². The van der Waals surface area contributed by atoms with Crippen molar-refractivity contribution < 1.29 is 23.5 Å². The number of amides is 1. The number of nitrogens with zero attached hydrogens (tertiary/aromatic N) is 1. The number of anilines is 1. The number of carbonyl (C=O) groups excluding carboxylic acids is 2. The molecular formula is C19H16FN3O4. The second kappa shape index (κ2) is 8.13. The van der Waals surface area contributed by atoms with Crippen LogP contribution in [0, 0.1) is 5.82 Å². The van der Waals surface area contributed by atoms with E-state index < -0.39 is 24.3 Å². The Bertz CT molecular complexity index is 954. The van der Waals surface area contributed by atoms with Crippen LogP contribution in [0.25, 0.3) is 11.3 Å². The highest BCUT2D eigenvalue weighted by atomic mass is 19.1. The van der Waals surface area contributed by atoms with Crippen molar-refractivity contribution in [2.75, 3.05) is 19.0 Å². The zero-order chi connectivity index (χ0) is 19.2. The summed E-state index contributed by atoms with van der Waals surface area (Å²) in [6.07, 6.45) is 1.32. The first kappa shape index (κ1) is 18.1. The molecule has 0 radical (unpaired) electrons. The topological polar surface area (TPSA) is 93.3 Å². The zero-order valence-electron chi connectivity index (χ0n) is 14.4. The Morgan fingerprint density at radius 1 is 1.15 bits per heavy atom. The minimum atomic E-state index is -0.724. The molecule has 0 spiro atoms. The number of nitrogens with one attached hydrogen (secondary N) is 2. The number of H-pyrrole nitrogens is 1. The summed E-state index contributed by atoms with van der Waals surface area (Å²) in [6.45, 7) is -0.555. The van der Waals surface area contributed by atoms with Crippen LogP contribution in [0.15, 0.2) is 54.7 Å². The summed E-state index contributed by atoms with van der Waals surface area (Å²) in [5, 5.41) is 8.94. The number of carbonyl (C=O) groups is 2. The number of rotatable bonds is 6. The molecule has 138 valence electrons. The number of esters is 1. The third-order valence-corrected chi connectivity index (χ3v) is 3.72. The Hall–Kier alpha value is -3.68. The molecule has 0 aliphatic rings. The molecule has 3 rings (SSSR count). The first-order valence-corrected chi connectivity index (χ1v) is 7.98. The first-order valence-electron chi connectivity index (χ1n) is 7.98. The first-order chi connectivity index (χ1) is 13.1. The van der Waals surface area contributed by atoms with Crippen LogP contribution >= 0.6 is 0 Å². The van der Waals surface area contributed by atoms with Crippen LogP contribution in [0.1, 0.15) is 10.4 Å². The van der Waals surface area contributed by atoms with Gasteiger partial charge in [0.05, 0.1) is 24.7 Å². The van der Waals surface area contributed by atoms with Gasteiger partial charge in [-0.3, -0.25) is 9.89 Å². The van der Waals surface area contributed by atoms with Crippen molar-refractivity contribution >= 4 is 17.6 Å². The van der Waals surface area contributed by atoms with Crippen LogP contribution in [0.5, 0.6) is 5.75 Å². The smallest absolute Gasteiger partial charge is 0.342 e. The Morgan fingerprint density at radius 2 is 1.89 bits per heavy atom. The predicted octanol–water partition coefficient (Wildman–Crippen LogP) is 3.02. The van der Waals surface area contributed by atoms with Crippen LogP contribution in [0.4, 0.5) is 10.1 Å². The second-order valence-electron chi connectivity index (χ2n) is 5.49. The highest BCUT2D eigenvalue weighted by Crippen LogP contribution is 2.24. The fourth-order valence-electron chi connectivity index (χ4n) is 2.38. The van der Waals surface area contributed by atoms with Crippen molar-refractivity contribution in [3.05, 3.63) is 66.1 Å². The number of methoxy groups -OCH3 is 1. The van der Waals surface area contributed by atoms with Crippen LogP contribution in [0.3, 0.4) is 0 Å². The molecule has 1 aromatic heterocycles. The summed E-state index contributed by atoms with van der Waals surface area (Å²) >= 11 is 0. The molecule has 0 unspecified atom stereocenters. The standard InChI is InChI=1S/C19H16FN3O4/c1-26-13-8-6-12(7-9-13)18-14(10-21-23-18)19(25)27-11-17(24)22-16-5-3-2-4-15(16)20/h2-10H,11H2,1H3,(H,21,23)(H,22,24). The maximum Gasteiger partial charge on any atom is 0.342 e. The van der Waals surface area contributed by atoms with Gasteiger partial charge in [0, 0.05) is 5.56 Å². The summed E-state index contributed by atoms with van der Waals surface area (Å²) in [7, 11) is 1.56. The van der Waals surface area contributed by atoms with Crippen molar-refractivity contribution in [2.45, 2.75) is 0 Å². The molecule has 0 fully saturated rings. The lowest BCUT2D eigenvalue weighted by molar-refractivity contribution is -0.119. The van der Waals surface area contributed by atoms with E-state index in [2.05, 4.69) is 15.5 Å². The van der Waals surface area contributed by atoms with Gasteiger partial charge in [0.25, 0.3) is 5.91 Å². The fraction of sp³-hybridized carbons (Fsp3) is 0.105. The van der Waals surface area contributed by atoms with Crippen molar-refractivity contribution in [3.63, 3.8) is 0 Å². The van der Waals surface area contributed by atoms with E-state index in [9.17, 15) is 14.0 Å². The molecule has 0 aliphatic heterocycles. The fourth-order valence-corrected chi connectivity index (χ4v) is 2.38. The molecule has 0 saturated heterocycles. The van der Waals surface area contributed by atoms with Gasteiger partial charge >= 0.3 is 5.97 Å². The molecule has 0 saturated carbocycles. The number of benzene rings is 2. The monoisotopic (exact) mass is 369 g/mol.